The van der Waals surface area contributed by atoms with E-state index in [9.17, 15) is 4.79 Å². The molecule has 0 spiro atoms. The molecule has 2 nitrogen and oxygen atoms in total. The molecule has 0 aliphatic heterocycles. The van der Waals surface area contributed by atoms with Crippen LogP contribution in [0.25, 0.3) is 0 Å². The summed E-state index contributed by atoms with van der Waals surface area (Å²) < 4.78 is 0. The topological polar surface area (TPSA) is 29.1 Å². The predicted octanol–water partition coefficient (Wildman–Crippen LogP) is 1.99. The third kappa shape index (κ3) is 4.96. The minimum atomic E-state index is -0.339. The lowest BCUT2D eigenvalue weighted by Crippen LogP contribution is -2.44. The summed E-state index contributed by atoms with van der Waals surface area (Å²) in [5.41, 5.74) is -0.339. The lowest BCUT2D eigenvalue weighted by Gasteiger charge is -2.20. The minimum absolute atomic E-state index is 0.255. The summed E-state index contributed by atoms with van der Waals surface area (Å²) in [6.45, 7) is 9.65. The van der Waals surface area contributed by atoms with Crippen LogP contribution in [0.4, 0.5) is 0 Å². The van der Waals surface area contributed by atoms with Crippen molar-refractivity contribution >= 4 is 5.78 Å². The highest BCUT2D eigenvalue weighted by Crippen LogP contribution is 2.04. The summed E-state index contributed by atoms with van der Waals surface area (Å²) in [7, 11) is 1.80. The highest BCUT2D eigenvalue weighted by molar-refractivity contribution is 5.87. The zero-order chi connectivity index (χ0) is 9.49. The van der Waals surface area contributed by atoms with E-state index in [1.807, 2.05) is 34.6 Å². The second-order valence-electron chi connectivity index (χ2n) is 2.65. The SMILES string of the molecule is CC.CCC(=O)C(C)(C)NC. The van der Waals surface area contributed by atoms with E-state index in [-0.39, 0.29) is 11.3 Å². The van der Waals surface area contributed by atoms with E-state index in [1.54, 1.807) is 7.05 Å². The Balaban J connectivity index is 0. The lowest BCUT2D eigenvalue weighted by molar-refractivity contribution is -0.123. The lowest BCUT2D eigenvalue weighted by atomic mass is 9.98. The maximum Gasteiger partial charge on any atom is 0.152 e. The number of nitrogens with one attached hydrogen (secondary N) is 1. The van der Waals surface area contributed by atoms with Crippen molar-refractivity contribution in [1.29, 1.82) is 0 Å². The van der Waals surface area contributed by atoms with E-state index in [4.69, 9.17) is 0 Å². The third-order valence-electron chi connectivity index (χ3n) is 1.64. The number of ketones is 1. The van der Waals surface area contributed by atoms with Crippen LogP contribution in [0.3, 0.4) is 0 Å². The first-order valence-corrected chi connectivity index (χ1v) is 4.26. The largest absolute Gasteiger partial charge is 0.308 e. The predicted molar refractivity (Wildman–Crippen MR) is 49.8 cm³/mol. The molecular formula is C9H21NO. The van der Waals surface area contributed by atoms with Gasteiger partial charge >= 0.3 is 0 Å². The number of Topliss-reactive ketones (excluding diaryl/α,β-unsaturated/α-hetero) is 1. The first-order chi connectivity index (χ1) is 5.04. The zero-order valence-electron chi connectivity index (χ0n) is 8.62. The summed E-state index contributed by atoms with van der Waals surface area (Å²) >= 11 is 0. The van der Waals surface area contributed by atoms with Gasteiger partial charge in [-0.3, -0.25) is 4.79 Å². The molecule has 0 saturated heterocycles. The van der Waals surface area contributed by atoms with Crippen molar-refractivity contribution in [3.8, 4) is 0 Å². The van der Waals surface area contributed by atoms with Crippen molar-refractivity contribution < 1.29 is 4.79 Å². The summed E-state index contributed by atoms with van der Waals surface area (Å²) in [6, 6.07) is 0. The fourth-order valence-corrected chi connectivity index (χ4v) is 0.581. The van der Waals surface area contributed by atoms with Crippen LogP contribution < -0.4 is 5.32 Å². The van der Waals surface area contributed by atoms with E-state index in [2.05, 4.69) is 5.32 Å². The van der Waals surface area contributed by atoms with E-state index in [0.29, 0.717) is 6.42 Å². The van der Waals surface area contributed by atoms with Gasteiger partial charge < -0.3 is 5.32 Å². The molecule has 68 valence electrons. The molecule has 0 fully saturated rings. The van der Waals surface area contributed by atoms with Gasteiger partial charge in [0.25, 0.3) is 0 Å². The van der Waals surface area contributed by atoms with Crippen LogP contribution in [0.1, 0.15) is 41.0 Å². The van der Waals surface area contributed by atoms with Gasteiger partial charge in [-0.25, -0.2) is 0 Å². The van der Waals surface area contributed by atoms with Crippen LogP contribution in [0.15, 0.2) is 0 Å². The smallest absolute Gasteiger partial charge is 0.152 e. The Morgan fingerprint density at radius 3 is 1.82 bits per heavy atom. The Morgan fingerprint density at radius 1 is 1.36 bits per heavy atom. The third-order valence-corrected chi connectivity index (χ3v) is 1.64. The van der Waals surface area contributed by atoms with E-state index in [1.165, 1.54) is 0 Å². The van der Waals surface area contributed by atoms with Crippen molar-refractivity contribution in [3.63, 3.8) is 0 Å². The molecule has 0 aliphatic carbocycles. The Kier molecular flexibility index (Phi) is 7.64. The van der Waals surface area contributed by atoms with Crippen molar-refractivity contribution in [2.45, 2.75) is 46.6 Å². The van der Waals surface area contributed by atoms with Gasteiger partial charge in [-0.15, -0.1) is 0 Å². The molecule has 0 amide bonds. The van der Waals surface area contributed by atoms with Crippen molar-refractivity contribution in [1.82, 2.24) is 5.32 Å². The number of carbonyl (C=O) groups excluding carboxylic acids is 1. The molecule has 1 N–H and O–H groups in total. The van der Waals surface area contributed by atoms with E-state index >= 15 is 0 Å². The van der Waals surface area contributed by atoms with Crippen molar-refractivity contribution in [2.75, 3.05) is 7.05 Å². The highest BCUT2D eigenvalue weighted by atomic mass is 16.1. The minimum Gasteiger partial charge on any atom is -0.308 e. The fourth-order valence-electron chi connectivity index (χ4n) is 0.581. The normalized spacial score (nSPS) is 10.0. The van der Waals surface area contributed by atoms with Gasteiger partial charge in [-0.2, -0.15) is 0 Å². The molecule has 0 aromatic carbocycles. The maximum absolute atomic E-state index is 11.0. The standard InChI is InChI=1S/C7H15NO.C2H6/c1-5-6(9)7(2,3)8-4;1-2/h8H,5H2,1-4H3;1-2H3. The Hall–Kier alpha value is -0.370. The van der Waals surface area contributed by atoms with Crippen LogP contribution in [0.5, 0.6) is 0 Å². The van der Waals surface area contributed by atoms with Crippen LogP contribution in [0, 0.1) is 0 Å². The molecule has 0 aromatic heterocycles. The summed E-state index contributed by atoms with van der Waals surface area (Å²) in [5.74, 6) is 0.255. The molecule has 11 heavy (non-hydrogen) atoms. The van der Waals surface area contributed by atoms with Gasteiger partial charge in [0, 0.05) is 6.42 Å². The molecule has 0 aromatic rings. The van der Waals surface area contributed by atoms with Gasteiger partial charge in [-0.1, -0.05) is 20.8 Å². The molecule has 0 aliphatic rings. The molecule has 0 rings (SSSR count). The first kappa shape index (κ1) is 13.2. The van der Waals surface area contributed by atoms with Crippen molar-refractivity contribution in [3.05, 3.63) is 0 Å². The van der Waals surface area contributed by atoms with Gasteiger partial charge in [0.15, 0.2) is 5.78 Å². The average Bonchev–Trinajstić information content (AvgIpc) is 2.06. The molecule has 0 radical (unpaired) electrons. The van der Waals surface area contributed by atoms with E-state index in [0.717, 1.165) is 0 Å². The maximum atomic E-state index is 11.0. The fraction of sp³-hybridized carbons (Fsp3) is 0.889. The number of likely N-dealkylation sites (N-methyl/N-ethyl adjacent to an activating group) is 1. The second kappa shape index (κ2) is 6.35. The molecule has 2 heteroatoms. The van der Waals surface area contributed by atoms with Gasteiger partial charge in [0.2, 0.25) is 0 Å². The summed E-state index contributed by atoms with van der Waals surface area (Å²) in [5, 5.41) is 2.94. The number of hydrogen-bond donors (Lipinski definition) is 1. The Labute approximate surface area is 70.4 Å². The van der Waals surface area contributed by atoms with Gasteiger partial charge in [-0.05, 0) is 20.9 Å². The molecule has 0 atom stereocenters. The summed E-state index contributed by atoms with van der Waals surface area (Å²) in [4.78, 5) is 11.0. The summed E-state index contributed by atoms with van der Waals surface area (Å²) in [6.07, 6.45) is 0.605. The van der Waals surface area contributed by atoms with Gasteiger partial charge in [0.1, 0.15) is 0 Å². The number of carbonyl (C=O) groups is 1. The Morgan fingerprint density at radius 2 is 1.73 bits per heavy atom. The average molecular weight is 159 g/mol. The molecule has 0 unspecified atom stereocenters. The first-order valence-electron chi connectivity index (χ1n) is 4.26. The molecule has 0 heterocycles. The van der Waals surface area contributed by atoms with Gasteiger partial charge in [0.05, 0.1) is 5.54 Å². The zero-order valence-corrected chi connectivity index (χ0v) is 8.62. The van der Waals surface area contributed by atoms with Crippen LogP contribution in [-0.4, -0.2) is 18.4 Å². The Bertz CT molecular complexity index is 108. The van der Waals surface area contributed by atoms with Crippen molar-refractivity contribution in [2.24, 2.45) is 0 Å². The van der Waals surface area contributed by atoms with E-state index < -0.39 is 0 Å². The monoisotopic (exact) mass is 159 g/mol. The molecule has 0 saturated carbocycles. The van der Waals surface area contributed by atoms with Crippen LogP contribution >= 0.6 is 0 Å². The molecular weight excluding hydrogens is 138 g/mol. The number of rotatable bonds is 3. The highest BCUT2D eigenvalue weighted by Gasteiger charge is 2.22. The second-order valence-corrected chi connectivity index (χ2v) is 2.65. The number of hydrogen-bond acceptors (Lipinski definition) is 2. The van der Waals surface area contributed by atoms with Crippen LogP contribution in [0.2, 0.25) is 0 Å². The van der Waals surface area contributed by atoms with Crippen LogP contribution in [-0.2, 0) is 4.79 Å². The molecule has 0 bridgehead atoms. The quantitative estimate of drug-likeness (QED) is 0.682.